The van der Waals surface area contributed by atoms with Gasteiger partial charge in [-0.15, -0.1) is 11.3 Å². The zero-order valence-corrected chi connectivity index (χ0v) is 8.88. The van der Waals surface area contributed by atoms with Crippen LogP contribution in [0.25, 0.3) is 10.1 Å². The van der Waals surface area contributed by atoms with Crippen molar-refractivity contribution in [3.8, 4) is 0 Å². The lowest BCUT2D eigenvalue weighted by Crippen LogP contribution is -2.03. The molecule has 0 radical (unpaired) electrons. The lowest BCUT2D eigenvalue weighted by Gasteiger charge is -1.97. The van der Waals surface area contributed by atoms with Crippen LogP contribution in [0.5, 0.6) is 0 Å². The first-order chi connectivity index (χ1) is 6.31. The summed E-state index contributed by atoms with van der Waals surface area (Å²) in [5.74, 6) is 0. The topological polar surface area (TPSA) is 12.0 Å². The lowest BCUT2D eigenvalue weighted by atomic mass is 10.2. The van der Waals surface area contributed by atoms with Gasteiger partial charge < -0.3 is 5.32 Å². The van der Waals surface area contributed by atoms with Crippen molar-refractivity contribution in [2.45, 2.75) is 6.54 Å². The van der Waals surface area contributed by atoms with Crippen LogP contribution < -0.4 is 5.32 Å². The van der Waals surface area contributed by atoms with E-state index in [1.54, 1.807) is 11.3 Å². The molecule has 0 aliphatic heterocycles. The van der Waals surface area contributed by atoms with Crippen LogP contribution >= 0.6 is 22.9 Å². The Morgan fingerprint density at radius 1 is 1.46 bits per heavy atom. The summed E-state index contributed by atoms with van der Waals surface area (Å²) < 4.78 is 1.26. The Morgan fingerprint density at radius 3 is 3.08 bits per heavy atom. The predicted octanol–water partition coefficient (Wildman–Crippen LogP) is 3.27. The highest BCUT2D eigenvalue weighted by atomic mass is 35.5. The van der Waals surface area contributed by atoms with E-state index in [0.29, 0.717) is 0 Å². The molecule has 0 spiro atoms. The molecule has 1 aromatic heterocycles. The third kappa shape index (κ3) is 1.70. The highest BCUT2D eigenvalue weighted by Crippen LogP contribution is 2.28. The van der Waals surface area contributed by atoms with E-state index in [1.807, 2.05) is 19.2 Å². The molecular weight excluding hydrogens is 202 g/mol. The number of hydrogen-bond acceptors (Lipinski definition) is 2. The molecule has 0 aliphatic carbocycles. The van der Waals surface area contributed by atoms with E-state index in [0.717, 1.165) is 11.6 Å². The molecule has 0 bridgehead atoms. The smallest absolute Gasteiger partial charge is 0.0420 e. The van der Waals surface area contributed by atoms with Gasteiger partial charge in [-0.3, -0.25) is 0 Å². The number of rotatable bonds is 2. The molecule has 1 N–H and O–H groups in total. The molecule has 0 saturated heterocycles. The fourth-order valence-corrected chi connectivity index (χ4v) is 2.62. The van der Waals surface area contributed by atoms with Gasteiger partial charge in [0.05, 0.1) is 0 Å². The van der Waals surface area contributed by atoms with Crippen molar-refractivity contribution in [3.63, 3.8) is 0 Å². The molecule has 0 saturated carbocycles. The average Bonchev–Trinajstić information content (AvgIpc) is 2.49. The first-order valence-corrected chi connectivity index (χ1v) is 5.37. The Kier molecular flexibility index (Phi) is 2.54. The molecule has 0 fully saturated rings. The van der Waals surface area contributed by atoms with E-state index >= 15 is 0 Å². The number of nitrogens with one attached hydrogen (secondary N) is 1. The summed E-state index contributed by atoms with van der Waals surface area (Å²) in [7, 11) is 1.96. The van der Waals surface area contributed by atoms with E-state index < -0.39 is 0 Å². The summed E-state index contributed by atoms with van der Waals surface area (Å²) in [6.07, 6.45) is 0. The third-order valence-corrected chi connectivity index (χ3v) is 3.21. The van der Waals surface area contributed by atoms with E-state index in [1.165, 1.54) is 15.6 Å². The fraction of sp³-hybridized carbons (Fsp3) is 0.200. The molecular formula is C10H10ClNS. The molecule has 1 nitrogen and oxygen atoms in total. The SMILES string of the molecule is CNCc1csc2cc(Cl)ccc12. The Bertz CT molecular complexity index is 422. The fourth-order valence-electron chi connectivity index (χ4n) is 1.38. The van der Waals surface area contributed by atoms with Gasteiger partial charge in [-0.1, -0.05) is 17.7 Å². The van der Waals surface area contributed by atoms with Crippen LogP contribution in [0, 0.1) is 0 Å². The van der Waals surface area contributed by atoms with Gasteiger partial charge in [0, 0.05) is 16.3 Å². The van der Waals surface area contributed by atoms with Gasteiger partial charge in [-0.25, -0.2) is 0 Å². The van der Waals surface area contributed by atoms with E-state index in [4.69, 9.17) is 11.6 Å². The highest BCUT2D eigenvalue weighted by molar-refractivity contribution is 7.17. The van der Waals surface area contributed by atoms with E-state index in [9.17, 15) is 0 Å². The molecule has 0 aliphatic rings. The molecule has 0 amide bonds. The maximum atomic E-state index is 5.90. The van der Waals surface area contributed by atoms with Gasteiger partial charge >= 0.3 is 0 Å². The van der Waals surface area contributed by atoms with Crippen LogP contribution in [0.15, 0.2) is 23.6 Å². The first-order valence-electron chi connectivity index (χ1n) is 4.11. The minimum atomic E-state index is 0.811. The molecule has 0 unspecified atom stereocenters. The van der Waals surface area contributed by atoms with Gasteiger partial charge in [-0.05, 0) is 35.5 Å². The highest BCUT2D eigenvalue weighted by Gasteiger charge is 2.02. The van der Waals surface area contributed by atoms with Crippen LogP contribution in [-0.2, 0) is 6.54 Å². The van der Waals surface area contributed by atoms with Crippen LogP contribution in [0.4, 0.5) is 0 Å². The van der Waals surface area contributed by atoms with Crippen LogP contribution in [-0.4, -0.2) is 7.05 Å². The van der Waals surface area contributed by atoms with Crippen LogP contribution in [0.3, 0.4) is 0 Å². The molecule has 0 atom stereocenters. The third-order valence-electron chi connectivity index (χ3n) is 1.98. The predicted molar refractivity (Wildman–Crippen MR) is 59.6 cm³/mol. The van der Waals surface area contributed by atoms with E-state index in [2.05, 4.69) is 16.8 Å². The second kappa shape index (κ2) is 3.66. The molecule has 68 valence electrons. The molecule has 2 rings (SSSR count). The number of hydrogen-bond donors (Lipinski definition) is 1. The standard InChI is InChI=1S/C10H10ClNS/c1-12-5-7-6-13-10-4-8(11)2-3-9(7)10/h2-4,6,12H,5H2,1H3. The number of thiophene rings is 1. The number of fused-ring (bicyclic) bond motifs is 1. The normalized spacial score (nSPS) is 10.9. The number of halogens is 1. The minimum absolute atomic E-state index is 0.811. The maximum Gasteiger partial charge on any atom is 0.0420 e. The quantitative estimate of drug-likeness (QED) is 0.804. The Balaban J connectivity index is 2.55. The second-order valence-electron chi connectivity index (χ2n) is 2.93. The summed E-state index contributed by atoms with van der Waals surface area (Å²) in [4.78, 5) is 0. The number of benzene rings is 1. The average molecular weight is 212 g/mol. The molecule has 3 heteroatoms. The van der Waals surface area contributed by atoms with Crippen molar-refractivity contribution >= 4 is 33.0 Å². The van der Waals surface area contributed by atoms with Gasteiger partial charge in [0.2, 0.25) is 0 Å². The molecule has 13 heavy (non-hydrogen) atoms. The van der Waals surface area contributed by atoms with Crippen LogP contribution in [0.1, 0.15) is 5.56 Å². The lowest BCUT2D eigenvalue weighted by molar-refractivity contribution is 0.826. The van der Waals surface area contributed by atoms with Crippen LogP contribution in [0.2, 0.25) is 5.02 Å². The Labute approximate surface area is 86.3 Å². The zero-order chi connectivity index (χ0) is 9.26. The summed E-state index contributed by atoms with van der Waals surface area (Å²) in [6.45, 7) is 0.918. The largest absolute Gasteiger partial charge is 0.316 e. The van der Waals surface area contributed by atoms with Crippen molar-refractivity contribution in [2.75, 3.05) is 7.05 Å². The Hall–Kier alpha value is -0.570. The van der Waals surface area contributed by atoms with Crippen molar-refractivity contribution in [2.24, 2.45) is 0 Å². The minimum Gasteiger partial charge on any atom is -0.316 e. The molecule has 1 aromatic carbocycles. The van der Waals surface area contributed by atoms with Gasteiger partial charge in [0.25, 0.3) is 0 Å². The van der Waals surface area contributed by atoms with Crippen molar-refractivity contribution in [1.29, 1.82) is 0 Å². The summed E-state index contributed by atoms with van der Waals surface area (Å²) in [5.41, 5.74) is 1.35. The van der Waals surface area contributed by atoms with Gasteiger partial charge in [0.1, 0.15) is 0 Å². The maximum absolute atomic E-state index is 5.90. The van der Waals surface area contributed by atoms with Crippen molar-refractivity contribution in [3.05, 3.63) is 34.2 Å². The summed E-state index contributed by atoms with van der Waals surface area (Å²) in [6, 6.07) is 6.04. The summed E-state index contributed by atoms with van der Waals surface area (Å²) in [5, 5.41) is 7.45. The summed E-state index contributed by atoms with van der Waals surface area (Å²) >= 11 is 7.64. The first kappa shape index (κ1) is 9.00. The zero-order valence-electron chi connectivity index (χ0n) is 7.30. The Morgan fingerprint density at radius 2 is 2.31 bits per heavy atom. The van der Waals surface area contributed by atoms with Gasteiger partial charge in [-0.2, -0.15) is 0 Å². The second-order valence-corrected chi connectivity index (χ2v) is 4.28. The monoisotopic (exact) mass is 211 g/mol. The molecule has 1 heterocycles. The van der Waals surface area contributed by atoms with Gasteiger partial charge in [0.15, 0.2) is 0 Å². The molecule has 2 aromatic rings. The van der Waals surface area contributed by atoms with E-state index in [-0.39, 0.29) is 0 Å². The van der Waals surface area contributed by atoms with Crippen molar-refractivity contribution < 1.29 is 0 Å². The van der Waals surface area contributed by atoms with Crippen molar-refractivity contribution in [1.82, 2.24) is 5.32 Å².